The van der Waals surface area contributed by atoms with Crippen molar-refractivity contribution in [2.45, 2.75) is 77.4 Å². The van der Waals surface area contributed by atoms with Gasteiger partial charge in [-0.25, -0.2) is 9.97 Å². The van der Waals surface area contributed by atoms with Gasteiger partial charge in [0, 0.05) is 34.8 Å². The van der Waals surface area contributed by atoms with Crippen molar-refractivity contribution >= 4 is 5.95 Å². The van der Waals surface area contributed by atoms with Gasteiger partial charge in [0.15, 0.2) is 0 Å². The molecule has 0 aliphatic carbocycles. The molecule has 1 fully saturated rings. The lowest BCUT2D eigenvalue weighted by Gasteiger charge is -2.46. The molecule has 3 rings (SSSR count). The van der Waals surface area contributed by atoms with Gasteiger partial charge in [0.1, 0.15) is 0 Å². The van der Waals surface area contributed by atoms with Gasteiger partial charge >= 0.3 is 0 Å². The van der Waals surface area contributed by atoms with Crippen LogP contribution in [-0.2, 0) is 6.42 Å². The lowest BCUT2D eigenvalue weighted by atomic mass is 9.80. The van der Waals surface area contributed by atoms with Crippen molar-refractivity contribution in [2.75, 3.05) is 5.32 Å². The van der Waals surface area contributed by atoms with Gasteiger partial charge in [0.25, 0.3) is 0 Å². The highest BCUT2D eigenvalue weighted by atomic mass is 15.1. The molecule has 0 saturated carbocycles. The first-order valence-corrected chi connectivity index (χ1v) is 10.5. The Morgan fingerprint density at radius 3 is 2.41 bits per heavy atom. The maximum atomic E-state index is 8.93. The molecule has 1 atom stereocenters. The van der Waals surface area contributed by atoms with Crippen LogP contribution in [0.3, 0.4) is 0 Å². The molecule has 1 aromatic heterocycles. The van der Waals surface area contributed by atoms with Crippen LogP contribution in [0.5, 0.6) is 0 Å². The van der Waals surface area contributed by atoms with Gasteiger partial charge in [-0.05, 0) is 71.9 Å². The summed E-state index contributed by atoms with van der Waals surface area (Å²) in [6.45, 7) is 11.0. The minimum Gasteiger partial charge on any atom is -0.351 e. The fourth-order valence-electron chi connectivity index (χ4n) is 4.49. The molecule has 29 heavy (non-hydrogen) atoms. The first-order chi connectivity index (χ1) is 13.7. The summed E-state index contributed by atoms with van der Waals surface area (Å²) in [6, 6.07) is 13.1. The maximum Gasteiger partial charge on any atom is 0.223 e. The van der Waals surface area contributed by atoms with Crippen LogP contribution in [0.25, 0.3) is 11.3 Å². The molecule has 1 aromatic carbocycles. The van der Waals surface area contributed by atoms with Crippen LogP contribution < -0.4 is 10.6 Å². The molecule has 5 heteroatoms. The Morgan fingerprint density at radius 1 is 1.14 bits per heavy atom. The fourth-order valence-corrected chi connectivity index (χ4v) is 4.49. The molecular weight excluding hydrogens is 358 g/mol. The Bertz CT molecular complexity index is 848. The smallest absolute Gasteiger partial charge is 0.223 e. The Morgan fingerprint density at radius 2 is 1.79 bits per heavy atom. The summed E-state index contributed by atoms with van der Waals surface area (Å²) in [7, 11) is 0. The Hall–Kier alpha value is -2.45. The van der Waals surface area contributed by atoms with Crippen molar-refractivity contribution in [2.24, 2.45) is 5.92 Å². The average Bonchev–Trinajstić information content (AvgIpc) is 2.64. The zero-order chi connectivity index (χ0) is 21.1. The van der Waals surface area contributed by atoms with E-state index in [2.05, 4.69) is 73.6 Å². The van der Waals surface area contributed by atoms with Crippen LogP contribution in [0.4, 0.5) is 5.95 Å². The molecule has 154 valence electrons. The van der Waals surface area contributed by atoms with E-state index in [0.29, 0.717) is 12.0 Å². The predicted octanol–water partition coefficient (Wildman–Crippen LogP) is 4.96. The number of piperidine rings is 1. The number of rotatable bonds is 6. The van der Waals surface area contributed by atoms with E-state index in [4.69, 9.17) is 10.2 Å². The Labute approximate surface area is 175 Å². The van der Waals surface area contributed by atoms with Crippen molar-refractivity contribution in [3.8, 4) is 17.3 Å². The highest BCUT2D eigenvalue weighted by Crippen LogP contribution is 2.30. The normalized spacial score (nSPS) is 19.3. The summed E-state index contributed by atoms with van der Waals surface area (Å²) in [6.07, 6.45) is 5.69. The lowest BCUT2D eigenvalue weighted by Crippen LogP contribution is -2.60. The number of nitrogens with zero attached hydrogens (tertiary/aromatic N) is 3. The van der Waals surface area contributed by atoms with Crippen molar-refractivity contribution in [3.05, 3.63) is 42.1 Å². The zero-order valence-corrected chi connectivity index (χ0v) is 18.3. The van der Waals surface area contributed by atoms with Crippen molar-refractivity contribution < 1.29 is 0 Å². The number of benzene rings is 1. The predicted molar refractivity (Wildman–Crippen MR) is 119 cm³/mol. The molecule has 0 spiro atoms. The number of aryl methyl sites for hydroxylation is 1. The SMILES string of the molecule is CC(C#N)CCc1ccc(-c2ccnc(NC3CC(C)(C)NC(C)(C)C3)n2)cc1. The molecule has 0 radical (unpaired) electrons. The third-order valence-corrected chi connectivity index (χ3v) is 5.52. The summed E-state index contributed by atoms with van der Waals surface area (Å²) >= 11 is 0. The molecular formula is C24H33N5. The van der Waals surface area contributed by atoms with Crippen molar-refractivity contribution in [1.82, 2.24) is 15.3 Å². The van der Waals surface area contributed by atoms with Gasteiger partial charge in [-0.15, -0.1) is 0 Å². The molecule has 1 saturated heterocycles. The van der Waals surface area contributed by atoms with E-state index in [1.165, 1.54) is 5.56 Å². The lowest BCUT2D eigenvalue weighted by molar-refractivity contribution is 0.170. The largest absolute Gasteiger partial charge is 0.351 e. The van der Waals surface area contributed by atoms with Gasteiger partial charge in [-0.2, -0.15) is 5.26 Å². The molecule has 1 aliphatic rings. The average molecular weight is 392 g/mol. The zero-order valence-electron chi connectivity index (χ0n) is 18.3. The van der Waals surface area contributed by atoms with E-state index in [0.717, 1.165) is 36.9 Å². The Kier molecular flexibility index (Phi) is 6.24. The number of hydrogen-bond acceptors (Lipinski definition) is 5. The maximum absolute atomic E-state index is 8.93. The monoisotopic (exact) mass is 391 g/mol. The van der Waals surface area contributed by atoms with Gasteiger partial charge < -0.3 is 10.6 Å². The van der Waals surface area contributed by atoms with Gasteiger partial charge in [-0.1, -0.05) is 24.3 Å². The van der Waals surface area contributed by atoms with E-state index < -0.39 is 0 Å². The highest BCUT2D eigenvalue weighted by Gasteiger charge is 2.37. The van der Waals surface area contributed by atoms with E-state index in [1.807, 2.05) is 19.2 Å². The number of nitrogens with one attached hydrogen (secondary N) is 2. The second-order valence-corrected chi connectivity index (χ2v) is 9.67. The quantitative estimate of drug-likeness (QED) is 0.728. The second-order valence-electron chi connectivity index (χ2n) is 9.67. The fraction of sp³-hybridized carbons (Fsp3) is 0.542. The summed E-state index contributed by atoms with van der Waals surface area (Å²) in [4.78, 5) is 9.22. The molecule has 2 heterocycles. The van der Waals surface area contributed by atoms with Crippen LogP contribution in [-0.4, -0.2) is 27.1 Å². The molecule has 1 aliphatic heterocycles. The van der Waals surface area contributed by atoms with Crippen LogP contribution in [0.1, 0.15) is 59.4 Å². The second kappa shape index (κ2) is 8.51. The molecule has 0 bridgehead atoms. The summed E-state index contributed by atoms with van der Waals surface area (Å²) in [5.41, 5.74) is 3.42. The summed E-state index contributed by atoms with van der Waals surface area (Å²) in [5.74, 6) is 0.781. The van der Waals surface area contributed by atoms with E-state index in [-0.39, 0.29) is 17.0 Å². The summed E-state index contributed by atoms with van der Waals surface area (Å²) < 4.78 is 0. The van der Waals surface area contributed by atoms with Crippen molar-refractivity contribution in [3.63, 3.8) is 0 Å². The molecule has 2 aromatic rings. The van der Waals surface area contributed by atoms with Crippen molar-refractivity contribution in [1.29, 1.82) is 5.26 Å². The van der Waals surface area contributed by atoms with E-state index in [1.54, 1.807) is 0 Å². The van der Waals surface area contributed by atoms with E-state index >= 15 is 0 Å². The highest BCUT2D eigenvalue weighted by molar-refractivity contribution is 5.60. The summed E-state index contributed by atoms with van der Waals surface area (Å²) in [5, 5.41) is 16.2. The third-order valence-electron chi connectivity index (χ3n) is 5.52. The first-order valence-electron chi connectivity index (χ1n) is 10.5. The molecule has 1 unspecified atom stereocenters. The van der Waals surface area contributed by atoms with Gasteiger partial charge in [0.05, 0.1) is 11.8 Å². The van der Waals surface area contributed by atoms with Gasteiger partial charge in [0.2, 0.25) is 5.95 Å². The number of hydrogen-bond donors (Lipinski definition) is 2. The Balaban J connectivity index is 1.69. The van der Waals surface area contributed by atoms with Gasteiger partial charge in [-0.3, -0.25) is 0 Å². The van der Waals surface area contributed by atoms with Crippen LogP contribution in [0, 0.1) is 17.2 Å². The van der Waals surface area contributed by atoms with Crippen LogP contribution >= 0.6 is 0 Å². The molecule has 0 amide bonds. The minimum absolute atomic E-state index is 0.0793. The standard InChI is InChI=1S/C24H33N5/c1-17(16-25)6-7-18-8-10-19(11-9-18)21-12-13-26-22(28-21)27-20-14-23(2,3)29-24(4,5)15-20/h8-13,17,20,29H,6-7,14-15H2,1-5H3,(H,26,27,28). The number of anilines is 1. The topological polar surface area (TPSA) is 73.6 Å². The molecule has 5 nitrogen and oxygen atoms in total. The number of nitriles is 1. The first kappa shape index (κ1) is 21.3. The minimum atomic E-state index is 0.0793. The van der Waals surface area contributed by atoms with Crippen LogP contribution in [0.15, 0.2) is 36.5 Å². The third kappa shape index (κ3) is 6.01. The van der Waals surface area contributed by atoms with Crippen LogP contribution in [0.2, 0.25) is 0 Å². The van der Waals surface area contributed by atoms with E-state index in [9.17, 15) is 0 Å². The molecule has 2 N–H and O–H groups in total. The number of aromatic nitrogens is 2.